The number of ether oxygens (including phenoxy) is 1. The number of anilines is 1. The Labute approximate surface area is 164 Å². The molecule has 6 nitrogen and oxygen atoms in total. The molecule has 28 heavy (non-hydrogen) atoms. The third-order valence-electron chi connectivity index (χ3n) is 5.29. The van der Waals surface area contributed by atoms with Crippen molar-refractivity contribution in [3.05, 3.63) is 72.9 Å². The van der Waals surface area contributed by atoms with Gasteiger partial charge in [0.15, 0.2) is 0 Å². The first-order valence-corrected chi connectivity index (χ1v) is 9.58. The molecule has 6 heteroatoms. The summed E-state index contributed by atoms with van der Waals surface area (Å²) in [4.78, 5) is 17.2. The van der Waals surface area contributed by atoms with E-state index in [1.165, 1.54) is 0 Å². The van der Waals surface area contributed by atoms with E-state index in [1.54, 1.807) is 13.4 Å². The molecule has 146 valence electrons. The molecule has 1 aliphatic heterocycles. The molecule has 3 heterocycles. The molecule has 1 atom stereocenters. The van der Waals surface area contributed by atoms with E-state index >= 15 is 0 Å². The summed E-state index contributed by atoms with van der Waals surface area (Å²) in [5.74, 6) is 1.82. The molecule has 0 bridgehead atoms. The fourth-order valence-electron chi connectivity index (χ4n) is 3.77. The summed E-state index contributed by atoms with van der Waals surface area (Å²) in [6.07, 6.45) is 5.99. The van der Waals surface area contributed by atoms with Crippen LogP contribution in [0.25, 0.3) is 0 Å². The van der Waals surface area contributed by atoms with Gasteiger partial charge < -0.3 is 23.5 Å². The van der Waals surface area contributed by atoms with Gasteiger partial charge in [0.1, 0.15) is 11.5 Å². The van der Waals surface area contributed by atoms with Gasteiger partial charge in [-0.3, -0.25) is 4.79 Å². The lowest BCUT2D eigenvalue weighted by Crippen LogP contribution is -2.49. The summed E-state index contributed by atoms with van der Waals surface area (Å²) in [5.41, 5.74) is 1.08. The first-order chi connectivity index (χ1) is 13.8. The topological polar surface area (TPSA) is 50.9 Å². The van der Waals surface area contributed by atoms with Crippen LogP contribution in [-0.4, -0.2) is 48.7 Å². The molecule has 0 aliphatic carbocycles. The minimum atomic E-state index is -0.121. The maximum absolute atomic E-state index is 13.0. The third-order valence-corrected chi connectivity index (χ3v) is 5.29. The van der Waals surface area contributed by atoms with Crippen molar-refractivity contribution in [2.75, 3.05) is 38.2 Å². The van der Waals surface area contributed by atoms with E-state index in [0.29, 0.717) is 19.5 Å². The standard InChI is InChI=1S/C22H25N3O3/c1-27-20-8-3-2-7-18(20)24-12-14-25(15-13-24)22(26)17-19(21-9-6-16-28-21)23-10-4-5-11-23/h2-11,16,19H,12-15,17H2,1H3. The van der Waals surface area contributed by atoms with E-state index < -0.39 is 0 Å². The van der Waals surface area contributed by atoms with Crippen molar-refractivity contribution >= 4 is 11.6 Å². The van der Waals surface area contributed by atoms with E-state index in [1.807, 2.05) is 64.3 Å². The number of hydrogen-bond donors (Lipinski definition) is 0. The van der Waals surface area contributed by atoms with Crippen molar-refractivity contribution in [2.24, 2.45) is 0 Å². The monoisotopic (exact) mass is 379 g/mol. The van der Waals surface area contributed by atoms with E-state index in [-0.39, 0.29) is 11.9 Å². The van der Waals surface area contributed by atoms with E-state index in [4.69, 9.17) is 9.15 Å². The van der Waals surface area contributed by atoms with Gasteiger partial charge in [0.2, 0.25) is 5.91 Å². The molecule has 0 spiro atoms. The lowest BCUT2D eigenvalue weighted by Gasteiger charge is -2.37. The SMILES string of the molecule is COc1ccccc1N1CCN(C(=O)CC(c2ccco2)n2cccc2)CC1. The number of carbonyl (C=O) groups is 1. The van der Waals surface area contributed by atoms with Gasteiger partial charge in [-0.15, -0.1) is 0 Å². The number of furan rings is 1. The number of methoxy groups -OCH3 is 1. The number of para-hydroxylation sites is 2. The molecule has 0 N–H and O–H groups in total. The largest absolute Gasteiger partial charge is 0.495 e. The lowest BCUT2D eigenvalue weighted by molar-refractivity contribution is -0.132. The van der Waals surface area contributed by atoms with Crippen molar-refractivity contribution in [3.8, 4) is 5.75 Å². The molecule has 1 aliphatic rings. The second-order valence-corrected chi connectivity index (χ2v) is 6.91. The van der Waals surface area contributed by atoms with Gasteiger partial charge in [0.25, 0.3) is 0 Å². The molecule has 0 saturated carbocycles. The molecule has 1 amide bonds. The molecule has 1 aromatic carbocycles. The predicted molar refractivity (Wildman–Crippen MR) is 108 cm³/mol. The summed E-state index contributed by atoms with van der Waals surface area (Å²) < 4.78 is 13.1. The Morgan fingerprint density at radius 2 is 1.79 bits per heavy atom. The minimum absolute atomic E-state index is 0.121. The highest BCUT2D eigenvalue weighted by Gasteiger charge is 2.27. The molecule has 4 rings (SSSR count). The van der Waals surface area contributed by atoms with Crippen molar-refractivity contribution in [3.63, 3.8) is 0 Å². The smallest absolute Gasteiger partial charge is 0.225 e. The zero-order valence-electron chi connectivity index (χ0n) is 16.0. The number of nitrogens with zero attached hydrogens (tertiary/aromatic N) is 3. The van der Waals surface area contributed by atoms with Gasteiger partial charge in [-0.2, -0.15) is 0 Å². The fourth-order valence-corrected chi connectivity index (χ4v) is 3.77. The zero-order valence-corrected chi connectivity index (χ0v) is 16.0. The fraction of sp³-hybridized carbons (Fsp3) is 0.318. The number of rotatable bonds is 6. The van der Waals surface area contributed by atoms with Crippen LogP contribution in [0.2, 0.25) is 0 Å². The Kier molecular flexibility index (Phi) is 5.37. The van der Waals surface area contributed by atoms with Crippen molar-refractivity contribution in [1.82, 2.24) is 9.47 Å². The highest BCUT2D eigenvalue weighted by atomic mass is 16.5. The molecular formula is C22H25N3O3. The number of hydrogen-bond acceptors (Lipinski definition) is 4. The Bertz CT molecular complexity index is 847. The van der Waals surface area contributed by atoms with Crippen molar-refractivity contribution in [2.45, 2.75) is 12.5 Å². The van der Waals surface area contributed by atoms with E-state index in [0.717, 1.165) is 30.3 Å². The van der Waals surface area contributed by atoms with Gasteiger partial charge in [-0.25, -0.2) is 0 Å². The quantitative estimate of drug-likeness (QED) is 0.659. The maximum atomic E-state index is 13.0. The summed E-state index contributed by atoms with van der Waals surface area (Å²) in [7, 11) is 1.69. The van der Waals surface area contributed by atoms with Crippen LogP contribution in [0.5, 0.6) is 5.75 Å². The maximum Gasteiger partial charge on any atom is 0.225 e. The summed E-state index contributed by atoms with van der Waals surface area (Å²) in [6.45, 7) is 2.99. The molecule has 1 fully saturated rings. The number of piperazine rings is 1. The van der Waals surface area contributed by atoms with Crippen LogP contribution in [0.15, 0.2) is 71.6 Å². The van der Waals surface area contributed by atoms with Gasteiger partial charge in [-0.1, -0.05) is 12.1 Å². The molecule has 2 aromatic heterocycles. The van der Waals surface area contributed by atoms with Gasteiger partial charge in [0.05, 0.1) is 31.5 Å². The normalized spacial score (nSPS) is 15.5. The van der Waals surface area contributed by atoms with Crippen LogP contribution in [0.1, 0.15) is 18.2 Å². The van der Waals surface area contributed by atoms with Gasteiger partial charge in [0, 0.05) is 38.6 Å². The minimum Gasteiger partial charge on any atom is -0.495 e. The molecule has 1 saturated heterocycles. The number of benzene rings is 1. The summed E-state index contributed by atoms with van der Waals surface area (Å²) in [6, 6.07) is 15.6. The molecule has 0 radical (unpaired) electrons. The number of amides is 1. The van der Waals surface area contributed by atoms with Crippen molar-refractivity contribution < 1.29 is 13.9 Å². The first-order valence-electron chi connectivity index (χ1n) is 9.58. The van der Waals surface area contributed by atoms with Crippen LogP contribution in [0.4, 0.5) is 5.69 Å². The number of aromatic nitrogens is 1. The zero-order chi connectivity index (χ0) is 19.3. The first kappa shape index (κ1) is 18.2. The summed E-state index contributed by atoms with van der Waals surface area (Å²) in [5, 5.41) is 0. The Morgan fingerprint density at radius 3 is 2.46 bits per heavy atom. The van der Waals surface area contributed by atoms with E-state index in [9.17, 15) is 4.79 Å². The van der Waals surface area contributed by atoms with Crippen LogP contribution >= 0.6 is 0 Å². The van der Waals surface area contributed by atoms with Crippen LogP contribution in [0, 0.1) is 0 Å². The van der Waals surface area contributed by atoms with Crippen LogP contribution < -0.4 is 9.64 Å². The molecule has 3 aromatic rings. The average molecular weight is 379 g/mol. The number of carbonyl (C=O) groups excluding carboxylic acids is 1. The Balaban J connectivity index is 1.41. The average Bonchev–Trinajstić information content (AvgIpc) is 3.46. The van der Waals surface area contributed by atoms with Crippen LogP contribution in [-0.2, 0) is 4.79 Å². The van der Waals surface area contributed by atoms with Gasteiger partial charge in [-0.05, 0) is 36.4 Å². The van der Waals surface area contributed by atoms with E-state index in [2.05, 4.69) is 11.0 Å². The predicted octanol–water partition coefficient (Wildman–Crippen LogP) is 3.42. The highest BCUT2D eigenvalue weighted by Crippen LogP contribution is 2.29. The van der Waals surface area contributed by atoms with Crippen LogP contribution in [0.3, 0.4) is 0 Å². The highest BCUT2D eigenvalue weighted by molar-refractivity contribution is 5.77. The Hall–Kier alpha value is -3.15. The third kappa shape index (κ3) is 3.76. The Morgan fingerprint density at radius 1 is 1.04 bits per heavy atom. The van der Waals surface area contributed by atoms with Crippen molar-refractivity contribution in [1.29, 1.82) is 0 Å². The molecular weight excluding hydrogens is 354 g/mol. The second kappa shape index (κ2) is 8.25. The second-order valence-electron chi connectivity index (χ2n) is 6.91. The van der Waals surface area contributed by atoms with Gasteiger partial charge >= 0.3 is 0 Å². The molecule has 1 unspecified atom stereocenters. The lowest BCUT2D eigenvalue weighted by atomic mass is 10.1. The summed E-state index contributed by atoms with van der Waals surface area (Å²) >= 11 is 0.